The molecule has 0 bridgehead atoms. The summed E-state index contributed by atoms with van der Waals surface area (Å²) >= 11 is 0. The van der Waals surface area contributed by atoms with Crippen molar-refractivity contribution in [2.24, 2.45) is 0 Å². The van der Waals surface area contributed by atoms with Gasteiger partial charge in [-0.3, -0.25) is 4.79 Å². The molecule has 0 saturated carbocycles. The van der Waals surface area contributed by atoms with Crippen molar-refractivity contribution < 1.29 is 17.9 Å². The zero-order chi connectivity index (χ0) is 14.8. The van der Waals surface area contributed by atoms with Crippen LogP contribution in [0.1, 0.15) is 13.3 Å². The molecule has 6 nitrogen and oxygen atoms in total. The first-order chi connectivity index (χ1) is 9.62. The van der Waals surface area contributed by atoms with Gasteiger partial charge >= 0.3 is 0 Å². The highest BCUT2D eigenvalue weighted by molar-refractivity contribution is 7.89. The Morgan fingerprint density at radius 1 is 1.35 bits per heavy atom. The third-order valence-electron chi connectivity index (χ3n) is 2.66. The standard InChI is InChI=1S/C10H14N2O2S.C3H6O2/c13-15(14,10-5-2-1-3-6-10)12-8-4-7-11-9-12;1-2-5-3-4/h1-3,5-6,11H,4,7-9H2;3H,2H2,1H3. The van der Waals surface area contributed by atoms with Crippen molar-refractivity contribution in [1.82, 2.24) is 9.62 Å². The molecule has 0 aromatic heterocycles. The van der Waals surface area contributed by atoms with E-state index in [1.807, 2.05) is 6.07 Å². The molecule has 1 saturated heterocycles. The SMILES string of the molecule is CCOC=O.O=S(=O)(c1ccccc1)N1CCCNC1. The summed E-state index contributed by atoms with van der Waals surface area (Å²) in [5.41, 5.74) is 0. The highest BCUT2D eigenvalue weighted by atomic mass is 32.2. The number of rotatable bonds is 4. The molecule has 1 aromatic carbocycles. The summed E-state index contributed by atoms with van der Waals surface area (Å²) in [6, 6.07) is 8.55. The second-order valence-electron chi connectivity index (χ2n) is 4.06. The molecule has 2 rings (SSSR count). The summed E-state index contributed by atoms with van der Waals surface area (Å²) in [5, 5.41) is 3.06. The highest BCUT2D eigenvalue weighted by Crippen LogP contribution is 2.15. The molecular weight excluding hydrogens is 280 g/mol. The Kier molecular flexibility index (Phi) is 7.21. The Balaban J connectivity index is 0.000000347. The molecule has 112 valence electrons. The molecule has 1 fully saturated rings. The molecule has 0 amide bonds. The van der Waals surface area contributed by atoms with Crippen LogP contribution in [0.2, 0.25) is 0 Å². The van der Waals surface area contributed by atoms with Crippen LogP contribution < -0.4 is 5.32 Å². The van der Waals surface area contributed by atoms with Crippen molar-refractivity contribution in [3.05, 3.63) is 30.3 Å². The number of sulfonamides is 1. The number of ether oxygens (including phenoxy) is 1. The first kappa shape index (κ1) is 16.6. The summed E-state index contributed by atoms with van der Waals surface area (Å²) in [6.07, 6.45) is 0.867. The summed E-state index contributed by atoms with van der Waals surface area (Å²) in [7, 11) is -3.29. The maximum atomic E-state index is 12.1. The molecule has 0 aliphatic carbocycles. The van der Waals surface area contributed by atoms with Crippen LogP contribution in [0.5, 0.6) is 0 Å². The van der Waals surface area contributed by atoms with Crippen LogP contribution in [-0.4, -0.2) is 45.6 Å². The number of hydrogen-bond donors (Lipinski definition) is 1. The van der Waals surface area contributed by atoms with Crippen LogP contribution in [0.3, 0.4) is 0 Å². The molecule has 0 spiro atoms. The molecule has 0 atom stereocenters. The van der Waals surface area contributed by atoms with Gasteiger partial charge in [-0.1, -0.05) is 18.2 Å². The Morgan fingerprint density at radius 2 is 2.05 bits per heavy atom. The smallest absolute Gasteiger partial charge is 0.293 e. The first-order valence-electron chi connectivity index (χ1n) is 6.44. The van der Waals surface area contributed by atoms with E-state index in [1.54, 1.807) is 31.2 Å². The number of carbonyl (C=O) groups is 1. The maximum Gasteiger partial charge on any atom is 0.293 e. The van der Waals surface area contributed by atoms with Gasteiger partial charge in [0.15, 0.2) is 0 Å². The monoisotopic (exact) mass is 300 g/mol. The molecular formula is C13H20N2O4S. The third-order valence-corrected chi connectivity index (χ3v) is 4.52. The summed E-state index contributed by atoms with van der Waals surface area (Å²) in [4.78, 5) is 9.55. The fraction of sp³-hybridized carbons (Fsp3) is 0.462. The summed E-state index contributed by atoms with van der Waals surface area (Å²) in [5.74, 6) is 0. The zero-order valence-corrected chi connectivity index (χ0v) is 12.3. The summed E-state index contributed by atoms with van der Waals surface area (Å²) in [6.45, 7) is 4.57. The zero-order valence-electron chi connectivity index (χ0n) is 11.5. The third kappa shape index (κ3) is 4.92. The highest BCUT2D eigenvalue weighted by Gasteiger charge is 2.25. The topological polar surface area (TPSA) is 75.7 Å². The van der Waals surface area contributed by atoms with Crippen LogP contribution >= 0.6 is 0 Å². The van der Waals surface area contributed by atoms with E-state index in [4.69, 9.17) is 0 Å². The Labute approximate surface area is 119 Å². The summed E-state index contributed by atoms with van der Waals surface area (Å²) < 4.78 is 29.8. The second kappa shape index (κ2) is 8.68. The molecule has 0 radical (unpaired) electrons. The van der Waals surface area contributed by atoms with E-state index in [-0.39, 0.29) is 0 Å². The minimum Gasteiger partial charge on any atom is -0.468 e. The largest absolute Gasteiger partial charge is 0.468 e. The van der Waals surface area contributed by atoms with Crippen molar-refractivity contribution in [2.75, 3.05) is 26.4 Å². The van der Waals surface area contributed by atoms with Gasteiger partial charge in [0.25, 0.3) is 6.47 Å². The average molecular weight is 300 g/mol. The van der Waals surface area contributed by atoms with Crippen LogP contribution in [0.15, 0.2) is 35.2 Å². The van der Waals surface area contributed by atoms with Gasteiger partial charge in [0.05, 0.1) is 18.2 Å². The lowest BCUT2D eigenvalue weighted by Crippen LogP contribution is -2.44. The normalized spacial score (nSPS) is 15.8. The average Bonchev–Trinajstić information content (AvgIpc) is 2.50. The van der Waals surface area contributed by atoms with E-state index in [0.29, 0.717) is 31.2 Å². The quantitative estimate of drug-likeness (QED) is 0.833. The van der Waals surface area contributed by atoms with Crippen molar-refractivity contribution in [1.29, 1.82) is 0 Å². The van der Waals surface area contributed by atoms with Crippen LogP contribution in [0.4, 0.5) is 0 Å². The number of hydrogen-bond acceptors (Lipinski definition) is 5. The molecule has 0 unspecified atom stereocenters. The molecule has 7 heteroatoms. The van der Waals surface area contributed by atoms with Gasteiger partial charge in [-0.05, 0) is 32.0 Å². The number of carbonyl (C=O) groups excluding carboxylic acids is 1. The number of nitrogens with one attached hydrogen (secondary N) is 1. The van der Waals surface area contributed by atoms with Gasteiger partial charge in [0, 0.05) is 6.54 Å². The Morgan fingerprint density at radius 3 is 2.50 bits per heavy atom. The van der Waals surface area contributed by atoms with E-state index in [1.165, 1.54) is 4.31 Å². The number of nitrogens with zero attached hydrogens (tertiary/aromatic N) is 1. The number of benzene rings is 1. The van der Waals surface area contributed by atoms with Gasteiger partial charge in [-0.2, -0.15) is 4.31 Å². The van der Waals surface area contributed by atoms with E-state index >= 15 is 0 Å². The van der Waals surface area contributed by atoms with Gasteiger partial charge in [-0.25, -0.2) is 8.42 Å². The molecule has 1 aromatic rings. The van der Waals surface area contributed by atoms with Gasteiger partial charge in [0.1, 0.15) is 0 Å². The first-order valence-corrected chi connectivity index (χ1v) is 7.88. The van der Waals surface area contributed by atoms with Crippen molar-refractivity contribution in [2.45, 2.75) is 18.2 Å². The fourth-order valence-corrected chi connectivity index (χ4v) is 3.11. The molecule has 1 aliphatic heterocycles. The van der Waals surface area contributed by atoms with E-state index in [0.717, 1.165) is 13.0 Å². The van der Waals surface area contributed by atoms with Gasteiger partial charge in [-0.15, -0.1) is 0 Å². The minimum absolute atomic E-state index is 0.369. The second-order valence-corrected chi connectivity index (χ2v) is 5.99. The fourth-order valence-electron chi connectivity index (χ4n) is 1.68. The lowest BCUT2D eigenvalue weighted by Gasteiger charge is -2.26. The van der Waals surface area contributed by atoms with Gasteiger partial charge < -0.3 is 10.1 Å². The molecule has 1 aliphatic rings. The predicted molar refractivity (Wildman–Crippen MR) is 75.5 cm³/mol. The van der Waals surface area contributed by atoms with Crippen LogP contribution in [0.25, 0.3) is 0 Å². The minimum atomic E-state index is -3.29. The Hall–Kier alpha value is -1.44. The lowest BCUT2D eigenvalue weighted by atomic mass is 10.4. The van der Waals surface area contributed by atoms with E-state index in [2.05, 4.69) is 10.1 Å². The lowest BCUT2D eigenvalue weighted by molar-refractivity contribution is -0.128. The van der Waals surface area contributed by atoms with Crippen molar-refractivity contribution >= 4 is 16.5 Å². The van der Waals surface area contributed by atoms with E-state index < -0.39 is 10.0 Å². The molecule has 20 heavy (non-hydrogen) atoms. The van der Waals surface area contributed by atoms with Crippen LogP contribution in [-0.2, 0) is 19.6 Å². The Bertz CT molecular complexity index is 484. The van der Waals surface area contributed by atoms with Crippen LogP contribution in [0, 0.1) is 0 Å². The predicted octanol–water partition coefficient (Wildman–Crippen LogP) is 0.807. The maximum absolute atomic E-state index is 12.1. The molecule has 1 N–H and O–H groups in total. The molecule has 1 heterocycles. The van der Waals surface area contributed by atoms with Crippen molar-refractivity contribution in [3.8, 4) is 0 Å². The van der Waals surface area contributed by atoms with Gasteiger partial charge in [0.2, 0.25) is 10.0 Å². The van der Waals surface area contributed by atoms with Crippen molar-refractivity contribution in [3.63, 3.8) is 0 Å². The van der Waals surface area contributed by atoms with E-state index in [9.17, 15) is 13.2 Å².